The Morgan fingerprint density at radius 2 is 1.79 bits per heavy atom. The number of fused-ring (bicyclic) bond motifs is 1. The number of esters is 1. The molecule has 0 N–H and O–H groups in total. The van der Waals surface area contributed by atoms with Crippen LogP contribution in [-0.2, 0) is 11.3 Å². The van der Waals surface area contributed by atoms with E-state index >= 15 is 0 Å². The monoisotopic (exact) mass is 548 g/mol. The SMILES string of the molecule is CCOC(=O)c1c(N2CCN(C(=O)c3cccs3)CC2)c2cc(F)cnc2n(CC(=O)c2ccccc2)c1=O. The molecule has 1 aliphatic rings. The Labute approximate surface area is 227 Å². The van der Waals surface area contributed by atoms with Crippen LogP contribution >= 0.6 is 11.3 Å². The van der Waals surface area contributed by atoms with E-state index in [4.69, 9.17) is 4.74 Å². The highest BCUT2D eigenvalue weighted by atomic mass is 32.1. The van der Waals surface area contributed by atoms with Crippen LogP contribution in [0.1, 0.15) is 37.3 Å². The molecule has 0 radical (unpaired) electrons. The summed E-state index contributed by atoms with van der Waals surface area (Å²) in [6, 6.07) is 13.2. The van der Waals surface area contributed by atoms with Crippen molar-refractivity contribution < 1.29 is 23.5 Å². The highest BCUT2D eigenvalue weighted by Gasteiger charge is 2.31. The smallest absolute Gasteiger partial charge is 0.345 e. The molecule has 0 saturated carbocycles. The third kappa shape index (κ3) is 5.17. The Morgan fingerprint density at radius 1 is 1.05 bits per heavy atom. The molecule has 0 atom stereocenters. The van der Waals surface area contributed by atoms with E-state index in [9.17, 15) is 23.6 Å². The van der Waals surface area contributed by atoms with Gasteiger partial charge in [-0.05, 0) is 24.4 Å². The minimum atomic E-state index is -0.873. The largest absolute Gasteiger partial charge is 0.462 e. The molecule has 3 aromatic heterocycles. The van der Waals surface area contributed by atoms with E-state index in [2.05, 4.69) is 4.98 Å². The number of carbonyl (C=O) groups is 3. The maximum absolute atomic E-state index is 14.5. The van der Waals surface area contributed by atoms with E-state index in [-0.39, 0.29) is 40.6 Å². The second-order valence-corrected chi connectivity index (χ2v) is 9.85. The summed E-state index contributed by atoms with van der Waals surface area (Å²) in [6.07, 6.45) is 0.969. The fourth-order valence-corrected chi connectivity index (χ4v) is 5.39. The van der Waals surface area contributed by atoms with Gasteiger partial charge in [-0.2, -0.15) is 0 Å². The number of pyridine rings is 2. The highest BCUT2D eigenvalue weighted by molar-refractivity contribution is 7.12. The lowest BCUT2D eigenvalue weighted by Gasteiger charge is -2.37. The number of halogens is 1. The minimum Gasteiger partial charge on any atom is -0.462 e. The van der Waals surface area contributed by atoms with E-state index < -0.39 is 23.9 Å². The summed E-state index contributed by atoms with van der Waals surface area (Å²) < 4.78 is 20.9. The van der Waals surface area contributed by atoms with Gasteiger partial charge in [-0.25, -0.2) is 14.2 Å². The van der Waals surface area contributed by atoms with Crippen molar-refractivity contribution in [2.45, 2.75) is 13.5 Å². The number of aromatic nitrogens is 2. The average molecular weight is 549 g/mol. The topological polar surface area (TPSA) is 102 Å². The number of amides is 1. The van der Waals surface area contributed by atoms with Crippen molar-refractivity contribution in [1.82, 2.24) is 14.5 Å². The van der Waals surface area contributed by atoms with Gasteiger partial charge in [0.1, 0.15) is 17.0 Å². The number of carbonyl (C=O) groups excluding carboxylic acids is 3. The molecule has 1 aliphatic heterocycles. The lowest BCUT2D eigenvalue weighted by atomic mass is 10.1. The first-order chi connectivity index (χ1) is 18.9. The van der Waals surface area contributed by atoms with Crippen molar-refractivity contribution in [3.8, 4) is 0 Å². The normalized spacial score (nSPS) is 13.5. The number of anilines is 1. The standard InChI is InChI=1S/C28H25FN4O5S/c1-2-38-28(37)23-24(31-10-12-32(13-11-31)26(35)22-9-6-14-39-22)20-15-19(29)16-30-25(20)33(27(23)36)17-21(34)18-7-4-3-5-8-18/h3-9,14-16H,2,10-13,17H2,1H3. The summed E-state index contributed by atoms with van der Waals surface area (Å²) in [4.78, 5) is 61.1. The first-order valence-corrected chi connectivity index (χ1v) is 13.3. The zero-order valence-corrected chi connectivity index (χ0v) is 21.9. The number of hydrogen-bond acceptors (Lipinski definition) is 8. The third-order valence-corrected chi connectivity index (χ3v) is 7.39. The maximum Gasteiger partial charge on any atom is 0.345 e. The summed E-state index contributed by atoms with van der Waals surface area (Å²) in [5.41, 5.74) is -0.405. The van der Waals surface area contributed by atoms with E-state index in [1.54, 1.807) is 53.1 Å². The van der Waals surface area contributed by atoms with E-state index in [1.165, 1.54) is 17.4 Å². The zero-order valence-electron chi connectivity index (χ0n) is 21.1. The second kappa shape index (κ2) is 11.2. The van der Waals surface area contributed by atoms with Crippen molar-refractivity contribution in [3.05, 3.63) is 92.3 Å². The molecule has 39 heavy (non-hydrogen) atoms. The molecule has 4 aromatic rings. The van der Waals surface area contributed by atoms with Gasteiger partial charge >= 0.3 is 5.97 Å². The molecule has 200 valence electrons. The van der Waals surface area contributed by atoms with Gasteiger partial charge in [0.05, 0.1) is 29.9 Å². The summed E-state index contributed by atoms with van der Waals surface area (Å²) in [5, 5.41) is 2.04. The molecule has 11 heteroatoms. The van der Waals surface area contributed by atoms with Crippen LogP contribution in [0.4, 0.5) is 10.1 Å². The molecule has 0 unspecified atom stereocenters. The first-order valence-electron chi connectivity index (χ1n) is 12.4. The number of hydrogen-bond donors (Lipinski definition) is 0. The van der Waals surface area contributed by atoms with Gasteiger partial charge in [0.2, 0.25) is 0 Å². The molecule has 1 saturated heterocycles. The minimum absolute atomic E-state index is 0.0171. The van der Waals surface area contributed by atoms with Crippen molar-refractivity contribution in [2.75, 3.05) is 37.7 Å². The average Bonchev–Trinajstić information content (AvgIpc) is 3.49. The van der Waals surface area contributed by atoms with Gasteiger partial charge in [-0.15, -0.1) is 11.3 Å². The lowest BCUT2D eigenvalue weighted by Crippen LogP contribution is -2.49. The van der Waals surface area contributed by atoms with Crippen LogP contribution in [0.15, 0.2) is 64.9 Å². The van der Waals surface area contributed by atoms with Crippen molar-refractivity contribution in [1.29, 1.82) is 0 Å². The first kappa shape index (κ1) is 26.2. The van der Waals surface area contributed by atoms with Crippen molar-refractivity contribution in [3.63, 3.8) is 0 Å². The van der Waals surface area contributed by atoms with Crippen LogP contribution in [0.5, 0.6) is 0 Å². The summed E-state index contributed by atoms with van der Waals surface area (Å²) in [6.45, 7) is 2.49. The van der Waals surface area contributed by atoms with Gasteiger partial charge in [-0.3, -0.25) is 19.0 Å². The quantitative estimate of drug-likeness (QED) is 0.257. The molecule has 1 aromatic carbocycles. The van der Waals surface area contributed by atoms with Gasteiger partial charge in [0.15, 0.2) is 5.78 Å². The van der Waals surface area contributed by atoms with Crippen LogP contribution < -0.4 is 10.5 Å². The van der Waals surface area contributed by atoms with Crippen molar-refractivity contribution >= 4 is 45.7 Å². The predicted octanol–water partition coefficient (Wildman–Crippen LogP) is 3.62. The Hall–Kier alpha value is -4.38. The maximum atomic E-state index is 14.5. The van der Waals surface area contributed by atoms with Crippen molar-refractivity contribution in [2.24, 2.45) is 0 Å². The summed E-state index contributed by atoms with van der Waals surface area (Å²) in [7, 11) is 0. The van der Waals surface area contributed by atoms with Crippen LogP contribution in [0.2, 0.25) is 0 Å². The lowest BCUT2D eigenvalue weighted by molar-refractivity contribution is 0.0523. The van der Waals surface area contributed by atoms with Crippen LogP contribution in [0.3, 0.4) is 0 Å². The van der Waals surface area contributed by atoms with Gasteiger partial charge in [0.25, 0.3) is 11.5 Å². The van der Waals surface area contributed by atoms with Crippen LogP contribution in [0, 0.1) is 5.82 Å². The number of rotatable bonds is 7. The van der Waals surface area contributed by atoms with Crippen LogP contribution in [0.25, 0.3) is 11.0 Å². The molecule has 5 rings (SSSR count). The molecule has 0 aliphatic carbocycles. The predicted molar refractivity (Wildman–Crippen MR) is 145 cm³/mol. The second-order valence-electron chi connectivity index (χ2n) is 8.91. The van der Waals surface area contributed by atoms with Gasteiger partial charge < -0.3 is 14.5 Å². The fourth-order valence-electron chi connectivity index (χ4n) is 4.70. The number of ether oxygens (including phenoxy) is 1. The van der Waals surface area contributed by atoms with Crippen LogP contribution in [-0.4, -0.2) is 64.9 Å². The highest BCUT2D eigenvalue weighted by Crippen LogP contribution is 2.31. The number of Topliss-reactive ketones (excluding diaryl/α,β-unsaturated/α-hetero) is 1. The van der Waals surface area contributed by atoms with Gasteiger partial charge in [0, 0.05) is 37.1 Å². The Balaban J connectivity index is 1.59. The number of nitrogens with zero attached hydrogens (tertiary/aromatic N) is 4. The summed E-state index contributed by atoms with van der Waals surface area (Å²) >= 11 is 1.36. The van der Waals surface area contributed by atoms with E-state index in [0.29, 0.717) is 36.6 Å². The molecule has 0 bridgehead atoms. The molecule has 0 spiro atoms. The Bertz CT molecular complexity index is 1600. The molecule has 9 nitrogen and oxygen atoms in total. The number of ketones is 1. The summed E-state index contributed by atoms with van der Waals surface area (Å²) in [5.74, 6) is -2.00. The van der Waals surface area contributed by atoms with Gasteiger partial charge in [-0.1, -0.05) is 36.4 Å². The molecule has 1 amide bonds. The number of benzene rings is 1. The zero-order chi connectivity index (χ0) is 27.5. The molecular weight excluding hydrogens is 523 g/mol. The fraction of sp³-hybridized carbons (Fsp3) is 0.250. The Kier molecular flexibility index (Phi) is 7.51. The molecule has 1 fully saturated rings. The van der Waals surface area contributed by atoms with E-state index in [1.807, 2.05) is 11.4 Å². The third-order valence-electron chi connectivity index (χ3n) is 6.53. The molecule has 4 heterocycles. The van der Waals surface area contributed by atoms with E-state index in [0.717, 1.165) is 10.8 Å². The number of piperazine rings is 1. The number of thiophene rings is 1. The molecular formula is C28H25FN4O5S. The Morgan fingerprint density at radius 3 is 2.46 bits per heavy atom.